The van der Waals surface area contributed by atoms with Gasteiger partial charge in [0.1, 0.15) is 5.69 Å². The number of hydrogen-bond acceptors (Lipinski definition) is 6. The maximum Gasteiger partial charge on any atom is 0.381 e. The molecule has 1 rings (SSSR count). The lowest BCUT2D eigenvalue weighted by Crippen LogP contribution is -2.17. The third kappa shape index (κ3) is 3.10. The number of Topliss-reactive ketones (excluding diaryl/α,β-unsaturated/α-hetero) is 1. The molecule has 3 N–H and O–H groups in total. The van der Waals surface area contributed by atoms with Gasteiger partial charge in [-0.25, -0.2) is 14.8 Å². The SMILES string of the molecule is COC(=O)C(=O)c1ccnc(NC=O)n1.O. The van der Waals surface area contributed by atoms with Crippen LogP contribution in [0.1, 0.15) is 10.5 Å². The highest BCUT2D eigenvalue weighted by Crippen LogP contribution is 2.01. The van der Waals surface area contributed by atoms with E-state index in [4.69, 9.17) is 0 Å². The van der Waals surface area contributed by atoms with E-state index in [1.54, 1.807) is 0 Å². The number of nitrogens with zero attached hydrogens (tertiary/aromatic N) is 2. The fourth-order valence-corrected chi connectivity index (χ4v) is 0.805. The molecule has 0 aliphatic carbocycles. The molecule has 1 aromatic heterocycles. The largest absolute Gasteiger partial charge is 0.463 e. The minimum atomic E-state index is -1.02. The number of carbonyl (C=O) groups excluding carboxylic acids is 3. The van der Waals surface area contributed by atoms with Crippen molar-refractivity contribution in [1.29, 1.82) is 0 Å². The highest BCUT2D eigenvalue weighted by atomic mass is 16.5. The Morgan fingerprint density at radius 2 is 2.19 bits per heavy atom. The lowest BCUT2D eigenvalue weighted by atomic mass is 10.3. The van der Waals surface area contributed by atoms with Crippen LogP contribution in [0.25, 0.3) is 0 Å². The summed E-state index contributed by atoms with van der Waals surface area (Å²) in [7, 11) is 1.09. The van der Waals surface area contributed by atoms with E-state index in [1.165, 1.54) is 12.3 Å². The van der Waals surface area contributed by atoms with Crippen molar-refractivity contribution in [3.63, 3.8) is 0 Å². The van der Waals surface area contributed by atoms with Gasteiger partial charge in [-0.1, -0.05) is 0 Å². The standard InChI is InChI=1S/C8H7N3O4.H2O/c1-15-7(14)6(13)5-2-3-9-8(11-5)10-4-12;/h2-4H,1H3,(H,9,10,11,12);1H2. The predicted octanol–water partition coefficient (Wildman–Crippen LogP) is -1.42. The van der Waals surface area contributed by atoms with Crippen LogP contribution in [-0.4, -0.2) is 40.7 Å². The van der Waals surface area contributed by atoms with E-state index in [2.05, 4.69) is 20.0 Å². The Kier molecular flexibility index (Phi) is 5.28. The smallest absolute Gasteiger partial charge is 0.381 e. The molecule has 1 heterocycles. The van der Waals surface area contributed by atoms with Crippen molar-refractivity contribution in [2.24, 2.45) is 0 Å². The second-order valence-electron chi connectivity index (χ2n) is 2.35. The number of methoxy groups -OCH3 is 1. The van der Waals surface area contributed by atoms with Crippen LogP contribution in [0, 0.1) is 0 Å². The normalized spacial score (nSPS) is 8.56. The number of anilines is 1. The van der Waals surface area contributed by atoms with Gasteiger partial charge in [-0.15, -0.1) is 0 Å². The Hall–Kier alpha value is -2.35. The highest BCUT2D eigenvalue weighted by molar-refractivity contribution is 6.40. The fourth-order valence-electron chi connectivity index (χ4n) is 0.805. The van der Waals surface area contributed by atoms with E-state index in [0.29, 0.717) is 6.41 Å². The van der Waals surface area contributed by atoms with Crippen molar-refractivity contribution >= 4 is 24.1 Å². The van der Waals surface area contributed by atoms with Gasteiger partial charge in [0.2, 0.25) is 12.4 Å². The summed E-state index contributed by atoms with van der Waals surface area (Å²) in [6.45, 7) is 0. The van der Waals surface area contributed by atoms with Crippen LogP contribution in [0.2, 0.25) is 0 Å². The molecular weight excluding hydrogens is 218 g/mol. The molecule has 1 amide bonds. The molecule has 0 spiro atoms. The van der Waals surface area contributed by atoms with Crippen LogP contribution in [-0.2, 0) is 14.3 Å². The van der Waals surface area contributed by atoms with Gasteiger partial charge in [0.05, 0.1) is 7.11 Å². The third-order valence-electron chi connectivity index (χ3n) is 1.45. The zero-order valence-corrected chi connectivity index (χ0v) is 8.26. The predicted molar refractivity (Wildman–Crippen MR) is 51.7 cm³/mol. The summed E-state index contributed by atoms with van der Waals surface area (Å²) in [5, 5.41) is 2.15. The van der Waals surface area contributed by atoms with Gasteiger partial charge >= 0.3 is 5.97 Å². The average molecular weight is 227 g/mol. The molecule has 0 bridgehead atoms. The molecule has 0 unspecified atom stereocenters. The summed E-state index contributed by atoms with van der Waals surface area (Å²) < 4.78 is 4.23. The van der Waals surface area contributed by atoms with Crippen molar-refractivity contribution < 1.29 is 24.6 Å². The second kappa shape index (κ2) is 6.19. The van der Waals surface area contributed by atoms with Gasteiger partial charge in [-0.2, -0.15) is 0 Å². The van der Waals surface area contributed by atoms with E-state index in [-0.39, 0.29) is 17.1 Å². The minimum absolute atomic E-state index is 0. The van der Waals surface area contributed by atoms with E-state index in [9.17, 15) is 14.4 Å². The van der Waals surface area contributed by atoms with Gasteiger partial charge < -0.3 is 10.2 Å². The number of nitrogens with one attached hydrogen (secondary N) is 1. The minimum Gasteiger partial charge on any atom is -0.463 e. The number of aromatic nitrogens is 2. The van der Waals surface area contributed by atoms with Gasteiger partial charge in [0.15, 0.2) is 0 Å². The molecule has 0 fully saturated rings. The number of ketones is 1. The second-order valence-corrected chi connectivity index (χ2v) is 2.35. The Labute approximate surface area is 90.0 Å². The number of carbonyl (C=O) groups is 3. The van der Waals surface area contributed by atoms with Gasteiger partial charge in [-0.05, 0) is 6.07 Å². The number of ether oxygens (including phenoxy) is 1. The zero-order valence-electron chi connectivity index (χ0n) is 8.26. The Morgan fingerprint density at radius 3 is 2.75 bits per heavy atom. The van der Waals surface area contributed by atoms with Gasteiger partial charge in [-0.3, -0.25) is 14.9 Å². The maximum absolute atomic E-state index is 11.3. The molecule has 8 heteroatoms. The van der Waals surface area contributed by atoms with Crippen molar-refractivity contribution in [1.82, 2.24) is 9.97 Å². The number of rotatable bonds is 4. The van der Waals surface area contributed by atoms with Crippen molar-refractivity contribution in [3.05, 3.63) is 18.0 Å². The van der Waals surface area contributed by atoms with E-state index in [0.717, 1.165) is 7.11 Å². The quantitative estimate of drug-likeness (QED) is 0.290. The number of hydrogen-bond donors (Lipinski definition) is 1. The van der Waals surface area contributed by atoms with Crippen molar-refractivity contribution in [2.45, 2.75) is 0 Å². The monoisotopic (exact) mass is 227 g/mol. The Balaban J connectivity index is 0.00000225. The molecule has 0 saturated carbocycles. The van der Waals surface area contributed by atoms with E-state index >= 15 is 0 Å². The molecule has 0 saturated heterocycles. The van der Waals surface area contributed by atoms with Crippen LogP contribution in [0.3, 0.4) is 0 Å². The molecule has 86 valence electrons. The first-order valence-corrected chi connectivity index (χ1v) is 3.85. The number of esters is 1. The van der Waals surface area contributed by atoms with Crippen LogP contribution < -0.4 is 5.32 Å². The van der Waals surface area contributed by atoms with E-state index in [1.807, 2.05) is 0 Å². The Morgan fingerprint density at radius 1 is 1.50 bits per heavy atom. The van der Waals surface area contributed by atoms with Gasteiger partial charge in [0.25, 0.3) is 5.78 Å². The fraction of sp³-hybridized carbons (Fsp3) is 0.125. The maximum atomic E-state index is 11.3. The first-order valence-electron chi connectivity index (χ1n) is 3.85. The lowest BCUT2D eigenvalue weighted by Gasteiger charge is -1.99. The van der Waals surface area contributed by atoms with Crippen LogP contribution in [0.5, 0.6) is 0 Å². The van der Waals surface area contributed by atoms with Crippen LogP contribution in [0.15, 0.2) is 12.3 Å². The molecule has 0 aliphatic rings. The Bertz CT molecular complexity index is 406. The molecule has 0 aliphatic heterocycles. The summed E-state index contributed by atoms with van der Waals surface area (Å²) in [5.74, 6) is -1.97. The van der Waals surface area contributed by atoms with Crippen molar-refractivity contribution in [3.8, 4) is 0 Å². The summed E-state index contributed by atoms with van der Waals surface area (Å²) in [6, 6.07) is 1.25. The first kappa shape index (κ1) is 13.7. The molecule has 8 nitrogen and oxygen atoms in total. The molecule has 16 heavy (non-hydrogen) atoms. The summed E-state index contributed by atoms with van der Waals surface area (Å²) in [5.41, 5.74) is -0.138. The summed E-state index contributed by atoms with van der Waals surface area (Å²) >= 11 is 0. The van der Waals surface area contributed by atoms with Crippen molar-refractivity contribution in [2.75, 3.05) is 12.4 Å². The van der Waals surface area contributed by atoms with Crippen LogP contribution >= 0.6 is 0 Å². The van der Waals surface area contributed by atoms with E-state index < -0.39 is 11.8 Å². The molecular formula is C8H9N3O5. The molecule has 0 atom stereocenters. The third-order valence-corrected chi connectivity index (χ3v) is 1.45. The topological polar surface area (TPSA) is 130 Å². The number of amides is 1. The molecule has 1 aromatic rings. The molecule has 0 aromatic carbocycles. The van der Waals surface area contributed by atoms with Crippen LogP contribution in [0.4, 0.5) is 5.95 Å². The summed E-state index contributed by atoms with van der Waals surface area (Å²) in [4.78, 5) is 39.5. The highest BCUT2D eigenvalue weighted by Gasteiger charge is 2.18. The average Bonchev–Trinajstić information content (AvgIpc) is 2.28. The zero-order chi connectivity index (χ0) is 11.3. The summed E-state index contributed by atoms with van der Waals surface area (Å²) in [6.07, 6.45) is 1.61. The lowest BCUT2D eigenvalue weighted by molar-refractivity contribution is -0.135. The first-order chi connectivity index (χ1) is 7.19. The van der Waals surface area contributed by atoms with Gasteiger partial charge in [0, 0.05) is 6.20 Å². The molecule has 0 radical (unpaired) electrons.